The molecule has 2 aromatic carbocycles. The molecule has 0 aliphatic carbocycles. The first kappa shape index (κ1) is 17.6. The molecule has 138 valence electrons. The van der Waals surface area contributed by atoms with Gasteiger partial charge in [0.25, 0.3) is 0 Å². The van der Waals surface area contributed by atoms with Crippen LogP contribution < -0.4 is 0 Å². The zero-order valence-corrected chi connectivity index (χ0v) is 15.6. The molecule has 2 unspecified atom stereocenters. The van der Waals surface area contributed by atoms with Crippen LogP contribution in [0.5, 0.6) is 0 Å². The van der Waals surface area contributed by atoms with Gasteiger partial charge in [-0.05, 0) is 68.2 Å². The highest BCUT2D eigenvalue weighted by atomic mass is 32.2. The molecule has 1 saturated heterocycles. The minimum absolute atomic E-state index is 0.156. The largest absolute Gasteiger partial charge is 0.301 e. The van der Waals surface area contributed by atoms with E-state index in [4.69, 9.17) is 0 Å². The fraction of sp³-hybridized carbons (Fsp3) is 0.400. The predicted molar refractivity (Wildman–Crippen MR) is 98.8 cm³/mol. The lowest BCUT2D eigenvalue weighted by Gasteiger charge is -2.41. The van der Waals surface area contributed by atoms with Crippen LogP contribution in [-0.2, 0) is 16.4 Å². The third-order valence-electron chi connectivity index (χ3n) is 5.65. The van der Waals surface area contributed by atoms with Gasteiger partial charge in [-0.2, -0.15) is 4.31 Å². The van der Waals surface area contributed by atoms with Crippen LogP contribution >= 0.6 is 0 Å². The Morgan fingerprint density at radius 1 is 1.04 bits per heavy atom. The lowest BCUT2D eigenvalue weighted by Crippen LogP contribution is -2.48. The van der Waals surface area contributed by atoms with Crippen molar-refractivity contribution < 1.29 is 12.8 Å². The molecule has 0 N–H and O–H groups in total. The molecule has 0 bridgehead atoms. The van der Waals surface area contributed by atoms with Crippen molar-refractivity contribution in [1.29, 1.82) is 0 Å². The lowest BCUT2D eigenvalue weighted by atomic mass is 9.89. The van der Waals surface area contributed by atoms with E-state index in [2.05, 4.69) is 24.1 Å². The van der Waals surface area contributed by atoms with Gasteiger partial charge in [0.05, 0.1) is 10.9 Å². The molecule has 4 rings (SSSR count). The summed E-state index contributed by atoms with van der Waals surface area (Å²) in [6.07, 6.45) is 2.75. The SMILES string of the molecule is CN1CCCC1C1c2ccccc2CCN1S(=O)(=O)c1ccc(F)cc1. The highest BCUT2D eigenvalue weighted by Crippen LogP contribution is 2.40. The van der Waals surface area contributed by atoms with Crippen molar-refractivity contribution in [2.75, 3.05) is 20.1 Å². The third kappa shape index (κ3) is 2.96. The first-order valence-electron chi connectivity index (χ1n) is 9.04. The Balaban J connectivity index is 1.80. The minimum Gasteiger partial charge on any atom is -0.301 e. The van der Waals surface area contributed by atoms with Crippen LogP contribution in [0.25, 0.3) is 0 Å². The second-order valence-electron chi connectivity index (χ2n) is 7.15. The van der Waals surface area contributed by atoms with Gasteiger partial charge >= 0.3 is 0 Å². The van der Waals surface area contributed by atoms with Crippen LogP contribution in [0.1, 0.15) is 30.0 Å². The molecule has 0 saturated carbocycles. The summed E-state index contributed by atoms with van der Waals surface area (Å²) in [4.78, 5) is 2.42. The quantitative estimate of drug-likeness (QED) is 0.828. The van der Waals surface area contributed by atoms with Gasteiger partial charge in [-0.3, -0.25) is 0 Å². The summed E-state index contributed by atoms with van der Waals surface area (Å²) in [6, 6.07) is 13.2. The number of hydrogen-bond acceptors (Lipinski definition) is 3. The molecule has 2 atom stereocenters. The van der Waals surface area contributed by atoms with Gasteiger partial charge in [-0.1, -0.05) is 24.3 Å². The standard InChI is InChI=1S/C20H23FN2O2S/c1-22-13-4-7-19(22)20-18-6-3-2-5-15(18)12-14-23(20)26(24,25)17-10-8-16(21)9-11-17/h2-3,5-6,8-11,19-20H,4,7,12-14H2,1H3. The van der Waals surface area contributed by atoms with Crippen molar-refractivity contribution >= 4 is 10.0 Å². The summed E-state index contributed by atoms with van der Waals surface area (Å²) in [6.45, 7) is 1.43. The van der Waals surface area contributed by atoms with Crippen LogP contribution in [-0.4, -0.2) is 43.8 Å². The molecule has 26 heavy (non-hydrogen) atoms. The Morgan fingerprint density at radius 3 is 2.46 bits per heavy atom. The summed E-state index contributed by atoms with van der Waals surface area (Å²) < 4.78 is 41.6. The van der Waals surface area contributed by atoms with Crippen LogP contribution in [0.2, 0.25) is 0 Å². The van der Waals surface area contributed by atoms with Gasteiger partial charge in [-0.15, -0.1) is 0 Å². The number of benzene rings is 2. The van der Waals surface area contributed by atoms with E-state index in [1.807, 2.05) is 12.1 Å². The van der Waals surface area contributed by atoms with E-state index in [9.17, 15) is 12.8 Å². The summed E-state index contributed by atoms with van der Waals surface area (Å²) >= 11 is 0. The molecule has 2 aliphatic heterocycles. The number of fused-ring (bicyclic) bond motifs is 1. The summed E-state index contributed by atoms with van der Waals surface area (Å²) in [5.41, 5.74) is 2.33. The molecule has 0 spiro atoms. The number of likely N-dealkylation sites (N-methyl/N-ethyl adjacent to an activating group) is 1. The Morgan fingerprint density at radius 2 is 1.77 bits per heavy atom. The van der Waals surface area contributed by atoms with Crippen LogP contribution in [0.4, 0.5) is 4.39 Å². The Kier molecular flexibility index (Phi) is 4.59. The molecular formula is C20H23FN2O2S. The molecule has 2 aliphatic rings. The molecule has 0 amide bonds. The van der Waals surface area contributed by atoms with Crippen molar-refractivity contribution in [3.63, 3.8) is 0 Å². The van der Waals surface area contributed by atoms with E-state index in [1.54, 1.807) is 4.31 Å². The fourth-order valence-corrected chi connectivity index (χ4v) is 5.96. The number of hydrogen-bond donors (Lipinski definition) is 0. The first-order valence-corrected chi connectivity index (χ1v) is 10.5. The monoisotopic (exact) mass is 374 g/mol. The Hall–Kier alpha value is -1.76. The number of likely N-dealkylation sites (tertiary alicyclic amines) is 1. The molecule has 1 fully saturated rings. The van der Waals surface area contributed by atoms with Gasteiger partial charge in [0, 0.05) is 12.6 Å². The molecule has 4 nitrogen and oxygen atoms in total. The van der Waals surface area contributed by atoms with E-state index in [0.717, 1.165) is 24.9 Å². The summed E-state index contributed by atoms with van der Waals surface area (Å²) in [5.74, 6) is -0.431. The van der Waals surface area contributed by atoms with Crippen LogP contribution in [0.15, 0.2) is 53.4 Å². The maximum Gasteiger partial charge on any atom is 0.243 e. The third-order valence-corrected chi connectivity index (χ3v) is 7.54. The van der Waals surface area contributed by atoms with Gasteiger partial charge in [0.2, 0.25) is 10.0 Å². The van der Waals surface area contributed by atoms with E-state index in [1.165, 1.54) is 29.8 Å². The summed E-state index contributed by atoms with van der Waals surface area (Å²) in [5, 5.41) is 0. The molecule has 6 heteroatoms. The first-order chi connectivity index (χ1) is 12.5. The van der Waals surface area contributed by atoms with E-state index < -0.39 is 15.8 Å². The number of sulfonamides is 1. The maximum atomic E-state index is 13.4. The van der Waals surface area contributed by atoms with Gasteiger partial charge in [0.1, 0.15) is 5.82 Å². The topological polar surface area (TPSA) is 40.6 Å². The van der Waals surface area contributed by atoms with Crippen LogP contribution in [0.3, 0.4) is 0 Å². The second kappa shape index (κ2) is 6.76. The molecule has 0 radical (unpaired) electrons. The number of rotatable bonds is 3. The zero-order valence-electron chi connectivity index (χ0n) is 14.8. The van der Waals surface area contributed by atoms with E-state index >= 15 is 0 Å². The van der Waals surface area contributed by atoms with Gasteiger partial charge < -0.3 is 4.90 Å². The van der Waals surface area contributed by atoms with E-state index in [0.29, 0.717) is 13.0 Å². The molecular weight excluding hydrogens is 351 g/mol. The van der Waals surface area contributed by atoms with Gasteiger partial charge in [0.15, 0.2) is 0 Å². The average Bonchev–Trinajstić information content (AvgIpc) is 3.06. The smallest absolute Gasteiger partial charge is 0.243 e. The maximum absolute atomic E-state index is 13.4. The van der Waals surface area contributed by atoms with Crippen molar-refractivity contribution in [2.45, 2.75) is 36.2 Å². The highest BCUT2D eigenvalue weighted by molar-refractivity contribution is 7.89. The zero-order chi connectivity index (χ0) is 18.3. The minimum atomic E-state index is -3.69. The fourth-order valence-electron chi connectivity index (χ4n) is 4.32. The van der Waals surface area contributed by atoms with Gasteiger partial charge in [-0.25, -0.2) is 12.8 Å². The number of halogens is 1. The molecule has 2 aromatic rings. The van der Waals surface area contributed by atoms with Crippen LogP contribution in [0, 0.1) is 5.82 Å². The Labute approximate surface area is 154 Å². The summed E-state index contributed by atoms with van der Waals surface area (Å²) in [7, 11) is -1.62. The normalized spacial score (nSPS) is 24.5. The predicted octanol–water partition coefficient (Wildman–Crippen LogP) is 3.21. The lowest BCUT2D eigenvalue weighted by molar-refractivity contribution is 0.175. The van der Waals surface area contributed by atoms with Crippen molar-refractivity contribution in [2.24, 2.45) is 0 Å². The highest BCUT2D eigenvalue weighted by Gasteiger charge is 2.43. The van der Waals surface area contributed by atoms with Crippen molar-refractivity contribution in [3.05, 3.63) is 65.5 Å². The average molecular weight is 374 g/mol. The van der Waals surface area contributed by atoms with Crippen molar-refractivity contribution in [1.82, 2.24) is 9.21 Å². The number of nitrogens with zero attached hydrogens (tertiary/aromatic N) is 2. The molecule has 2 heterocycles. The molecule has 0 aromatic heterocycles. The van der Waals surface area contributed by atoms with Crippen molar-refractivity contribution in [3.8, 4) is 0 Å². The Bertz CT molecular complexity index is 898. The second-order valence-corrected chi connectivity index (χ2v) is 9.04. The van der Waals surface area contributed by atoms with E-state index in [-0.39, 0.29) is 17.0 Å².